The summed E-state index contributed by atoms with van der Waals surface area (Å²) in [6.07, 6.45) is 1.43. The molecule has 0 unspecified atom stereocenters. The molecule has 3 N–H and O–H groups in total. The summed E-state index contributed by atoms with van der Waals surface area (Å²) in [5.41, 5.74) is 7.19. The summed E-state index contributed by atoms with van der Waals surface area (Å²) in [6.45, 7) is -0.364. The number of rotatable bonds is 7. The third-order valence-corrected chi connectivity index (χ3v) is 3.70. The van der Waals surface area contributed by atoms with Gasteiger partial charge in [-0.15, -0.1) is 0 Å². The number of ether oxygens (including phenoxy) is 1. The van der Waals surface area contributed by atoms with E-state index < -0.39 is 5.91 Å². The number of amides is 1. The number of carbonyl (C=O) groups is 1. The number of pyridine rings is 1. The lowest BCUT2D eigenvalue weighted by Gasteiger charge is -2.06. The number of oxime groups is 1. The summed E-state index contributed by atoms with van der Waals surface area (Å²) in [4.78, 5) is 21.0. The standard InChI is InChI=1S/C21H16FN5O3/c22-16-5-7-18(8-6-16)30-20-9-4-15(12-25-20)21(24)27-29-13-19(28)26-17-3-1-2-14(10-17)11-23/h1-10,12H,13H2,(H2,24,27)(H,26,28). The Labute approximate surface area is 171 Å². The number of halogens is 1. The summed E-state index contributed by atoms with van der Waals surface area (Å²) >= 11 is 0. The van der Waals surface area contributed by atoms with Gasteiger partial charge < -0.3 is 20.6 Å². The van der Waals surface area contributed by atoms with Gasteiger partial charge >= 0.3 is 0 Å². The minimum atomic E-state index is -0.456. The van der Waals surface area contributed by atoms with Crippen molar-refractivity contribution in [2.45, 2.75) is 0 Å². The predicted octanol–water partition coefficient (Wildman–Crippen LogP) is 3.16. The van der Waals surface area contributed by atoms with Crippen molar-refractivity contribution in [1.29, 1.82) is 5.26 Å². The maximum Gasteiger partial charge on any atom is 0.265 e. The Morgan fingerprint density at radius 3 is 2.70 bits per heavy atom. The van der Waals surface area contributed by atoms with Crippen LogP contribution in [0.25, 0.3) is 0 Å². The predicted molar refractivity (Wildman–Crippen MR) is 107 cm³/mol. The molecule has 0 atom stereocenters. The summed E-state index contributed by atoms with van der Waals surface area (Å²) in [5, 5.41) is 15.1. The molecule has 150 valence electrons. The van der Waals surface area contributed by atoms with Crippen molar-refractivity contribution in [1.82, 2.24) is 4.98 Å². The van der Waals surface area contributed by atoms with Crippen LogP contribution in [-0.4, -0.2) is 23.3 Å². The van der Waals surface area contributed by atoms with Crippen LogP contribution in [0.15, 0.2) is 72.0 Å². The Bertz CT molecular complexity index is 1090. The smallest absolute Gasteiger partial charge is 0.265 e. The molecule has 30 heavy (non-hydrogen) atoms. The van der Waals surface area contributed by atoms with Crippen LogP contribution in [-0.2, 0) is 9.63 Å². The lowest BCUT2D eigenvalue weighted by atomic mass is 10.2. The highest BCUT2D eigenvalue weighted by molar-refractivity contribution is 5.97. The highest BCUT2D eigenvalue weighted by atomic mass is 19.1. The summed E-state index contributed by atoms with van der Waals surface area (Å²) in [6, 6.07) is 17.2. The molecule has 0 saturated heterocycles. The Balaban J connectivity index is 1.51. The zero-order valence-corrected chi connectivity index (χ0v) is 15.6. The maximum absolute atomic E-state index is 12.9. The molecule has 8 nitrogen and oxygen atoms in total. The lowest BCUT2D eigenvalue weighted by molar-refractivity contribution is -0.120. The second kappa shape index (κ2) is 9.66. The Morgan fingerprint density at radius 2 is 2.00 bits per heavy atom. The third kappa shape index (κ3) is 5.77. The molecule has 0 aliphatic rings. The molecule has 3 rings (SSSR count). The number of hydrogen-bond acceptors (Lipinski definition) is 6. The van der Waals surface area contributed by atoms with E-state index in [4.69, 9.17) is 20.6 Å². The molecule has 0 aliphatic heterocycles. The second-order valence-electron chi connectivity index (χ2n) is 5.93. The molecule has 0 saturated carbocycles. The van der Waals surface area contributed by atoms with E-state index >= 15 is 0 Å². The zero-order chi connectivity index (χ0) is 21.3. The SMILES string of the molecule is N#Cc1cccc(NC(=O)CO/N=C(/N)c2ccc(Oc3ccc(F)cc3)nc2)c1. The molecular formula is C21H16FN5O3. The van der Waals surface area contributed by atoms with Crippen molar-refractivity contribution >= 4 is 17.4 Å². The largest absolute Gasteiger partial charge is 0.439 e. The number of hydrogen-bond donors (Lipinski definition) is 2. The van der Waals surface area contributed by atoms with Gasteiger partial charge in [0, 0.05) is 23.5 Å². The Kier molecular flexibility index (Phi) is 6.53. The molecule has 9 heteroatoms. The van der Waals surface area contributed by atoms with Gasteiger partial charge in [0.05, 0.1) is 11.6 Å². The topological polar surface area (TPSA) is 123 Å². The van der Waals surface area contributed by atoms with Gasteiger partial charge in [0.25, 0.3) is 5.91 Å². The number of nitrogens with two attached hydrogens (primary N) is 1. The molecule has 0 radical (unpaired) electrons. The number of benzene rings is 2. The third-order valence-electron chi connectivity index (χ3n) is 3.70. The van der Waals surface area contributed by atoms with Crippen LogP contribution in [0.3, 0.4) is 0 Å². The van der Waals surface area contributed by atoms with Crippen molar-refractivity contribution in [3.63, 3.8) is 0 Å². The van der Waals surface area contributed by atoms with Gasteiger partial charge in [-0.25, -0.2) is 9.37 Å². The maximum atomic E-state index is 12.9. The minimum absolute atomic E-state index is 0.0233. The van der Waals surface area contributed by atoms with Gasteiger partial charge in [0.1, 0.15) is 11.6 Å². The van der Waals surface area contributed by atoms with Gasteiger partial charge in [-0.3, -0.25) is 4.79 Å². The first-order chi connectivity index (χ1) is 14.5. The number of amidine groups is 1. The van der Waals surface area contributed by atoms with Crippen molar-refractivity contribution in [2.75, 3.05) is 11.9 Å². The van der Waals surface area contributed by atoms with Crippen LogP contribution >= 0.6 is 0 Å². The fourth-order valence-electron chi connectivity index (χ4n) is 2.29. The van der Waals surface area contributed by atoms with E-state index in [1.165, 1.54) is 36.5 Å². The molecule has 1 heterocycles. The van der Waals surface area contributed by atoms with Crippen molar-refractivity contribution in [2.24, 2.45) is 10.9 Å². The zero-order valence-electron chi connectivity index (χ0n) is 15.6. The molecule has 0 aliphatic carbocycles. The molecule has 0 fully saturated rings. The molecule has 3 aromatic rings. The molecule has 1 amide bonds. The van der Waals surface area contributed by atoms with Crippen LogP contribution in [0.4, 0.5) is 10.1 Å². The fourth-order valence-corrected chi connectivity index (χ4v) is 2.29. The van der Waals surface area contributed by atoms with E-state index in [0.29, 0.717) is 22.6 Å². The lowest BCUT2D eigenvalue weighted by Crippen LogP contribution is -2.19. The van der Waals surface area contributed by atoms with Crippen LogP contribution in [0.5, 0.6) is 11.6 Å². The number of nitrogens with one attached hydrogen (secondary N) is 1. The Hall–Kier alpha value is -4.45. The van der Waals surface area contributed by atoms with Gasteiger partial charge in [0.2, 0.25) is 5.88 Å². The second-order valence-corrected chi connectivity index (χ2v) is 5.93. The molecule has 2 aromatic carbocycles. The van der Waals surface area contributed by atoms with Gasteiger partial charge in [-0.05, 0) is 48.5 Å². The highest BCUT2D eigenvalue weighted by Crippen LogP contribution is 2.19. The van der Waals surface area contributed by atoms with Crippen LogP contribution < -0.4 is 15.8 Å². The first-order valence-corrected chi connectivity index (χ1v) is 8.69. The van der Waals surface area contributed by atoms with Crippen molar-refractivity contribution in [3.05, 3.63) is 83.8 Å². The number of anilines is 1. The van der Waals surface area contributed by atoms with Crippen LogP contribution in [0, 0.1) is 17.1 Å². The fraction of sp³-hybridized carbons (Fsp3) is 0.0476. The van der Waals surface area contributed by atoms with E-state index in [-0.39, 0.29) is 24.1 Å². The summed E-state index contributed by atoms with van der Waals surface area (Å²) in [7, 11) is 0. The van der Waals surface area contributed by atoms with E-state index in [1.807, 2.05) is 6.07 Å². The number of nitriles is 1. The van der Waals surface area contributed by atoms with Gasteiger partial charge in [0.15, 0.2) is 12.4 Å². The molecule has 0 spiro atoms. The van der Waals surface area contributed by atoms with E-state index in [0.717, 1.165) is 0 Å². The summed E-state index contributed by atoms with van der Waals surface area (Å²) in [5.74, 6) is -0.0667. The van der Waals surface area contributed by atoms with Crippen LogP contribution in [0.1, 0.15) is 11.1 Å². The molecular weight excluding hydrogens is 389 g/mol. The quantitative estimate of drug-likeness (QED) is 0.354. The summed E-state index contributed by atoms with van der Waals surface area (Å²) < 4.78 is 18.4. The average Bonchev–Trinajstić information content (AvgIpc) is 2.76. The highest BCUT2D eigenvalue weighted by Gasteiger charge is 2.06. The first-order valence-electron chi connectivity index (χ1n) is 8.69. The minimum Gasteiger partial charge on any atom is -0.439 e. The van der Waals surface area contributed by atoms with Gasteiger partial charge in [-0.1, -0.05) is 11.2 Å². The van der Waals surface area contributed by atoms with Crippen LogP contribution in [0.2, 0.25) is 0 Å². The van der Waals surface area contributed by atoms with E-state index in [1.54, 1.807) is 30.3 Å². The number of nitrogens with zero attached hydrogens (tertiary/aromatic N) is 3. The normalized spacial score (nSPS) is 10.7. The average molecular weight is 405 g/mol. The number of aromatic nitrogens is 1. The van der Waals surface area contributed by atoms with E-state index in [9.17, 15) is 9.18 Å². The molecule has 1 aromatic heterocycles. The van der Waals surface area contributed by atoms with Gasteiger partial charge in [-0.2, -0.15) is 5.26 Å². The van der Waals surface area contributed by atoms with E-state index in [2.05, 4.69) is 15.5 Å². The molecule has 0 bridgehead atoms. The van der Waals surface area contributed by atoms with Crippen molar-refractivity contribution in [3.8, 4) is 17.7 Å². The monoisotopic (exact) mass is 405 g/mol. The number of carbonyl (C=O) groups excluding carboxylic acids is 1. The Morgan fingerprint density at radius 1 is 1.20 bits per heavy atom. The van der Waals surface area contributed by atoms with Crippen molar-refractivity contribution < 1.29 is 18.8 Å². The first kappa shape index (κ1) is 20.3.